The maximum atomic E-state index is 12.5. The second kappa shape index (κ2) is 7.46. The Kier molecular flexibility index (Phi) is 4.87. The number of allylic oxidation sites excluding steroid dienone is 1. The van der Waals surface area contributed by atoms with E-state index in [1.165, 1.54) is 0 Å². The van der Waals surface area contributed by atoms with Crippen LogP contribution in [0.25, 0.3) is 16.6 Å². The Balaban J connectivity index is 1.32. The number of hydrogen-bond acceptors (Lipinski definition) is 5. The highest BCUT2D eigenvalue weighted by molar-refractivity contribution is 7.89. The largest absolute Gasteiger partial charge is 0.346 e. The molecule has 0 saturated heterocycles. The number of nitriles is 1. The van der Waals surface area contributed by atoms with Gasteiger partial charge in [-0.2, -0.15) is 5.26 Å². The van der Waals surface area contributed by atoms with Crippen LogP contribution in [0, 0.1) is 22.7 Å². The van der Waals surface area contributed by atoms with Crippen molar-refractivity contribution in [2.24, 2.45) is 11.3 Å². The molecule has 5 rings (SSSR count). The van der Waals surface area contributed by atoms with Gasteiger partial charge in [0.1, 0.15) is 11.5 Å². The van der Waals surface area contributed by atoms with Gasteiger partial charge in [0.15, 0.2) is 0 Å². The Morgan fingerprint density at radius 2 is 2.13 bits per heavy atom. The summed E-state index contributed by atoms with van der Waals surface area (Å²) in [5, 5.41) is 13.1. The summed E-state index contributed by atoms with van der Waals surface area (Å²) in [6.07, 6.45) is 9.08. The summed E-state index contributed by atoms with van der Waals surface area (Å²) in [6.45, 7) is 0. The van der Waals surface area contributed by atoms with Gasteiger partial charge in [0.25, 0.3) is 0 Å². The molecule has 3 aliphatic carbocycles. The number of nitrogens with zero attached hydrogens (tertiary/aromatic N) is 2. The van der Waals surface area contributed by atoms with E-state index in [-0.39, 0.29) is 23.6 Å². The van der Waals surface area contributed by atoms with Crippen molar-refractivity contribution >= 4 is 38.4 Å². The summed E-state index contributed by atoms with van der Waals surface area (Å²) >= 11 is 0. The number of pyridine rings is 1. The summed E-state index contributed by atoms with van der Waals surface area (Å²) in [7, 11) is -3.48. The first-order chi connectivity index (χ1) is 14.9. The molecule has 2 aromatic heterocycles. The Bertz CT molecular complexity index is 1220. The number of anilines is 1. The molecule has 3 N–H and O–H groups in total. The van der Waals surface area contributed by atoms with Gasteiger partial charge in [-0.3, -0.25) is 4.79 Å². The number of hydrogen-bond donors (Lipinski definition) is 3. The first-order valence-corrected chi connectivity index (χ1v) is 12.4. The summed E-state index contributed by atoms with van der Waals surface area (Å²) in [6, 6.07) is 5.86. The molecular weight excluding hydrogens is 414 g/mol. The standard InChI is InChI=1S/C22H25N5O3S/c23-12-22(8-9-22)13-31(29,30)27-16-5-3-14(4-6-16)18-11-19(26-21(28)15-1-2-15)25-20-17(18)7-10-24-20/h3,7,10-11,15-16,27H,1-2,4-6,8-9,13H2,(H2,24,25,26,28). The lowest BCUT2D eigenvalue weighted by Crippen LogP contribution is -2.39. The van der Waals surface area contributed by atoms with E-state index in [2.05, 4.69) is 32.2 Å². The van der Waals surface area contributed by atoms with Crippen LogP contribution in [0.15, 0.2) is 24.4 Å². The van der Waals surface area contributed by atoms with E-state index in [4.69, 9.17) is 0 Å². The van der Waals surface area contributed by atoms with Crippen molar-refractivity contribution in [3.8, 4) is 6.07 Å². The summed E-state index contributed by atoms with van der Waals surface area (Å²) in [4.78, 5) is 19.8. The lowest BCUT2D eigenvalue weighted by Gasteiger charge is -2.24. The van der Waals surface area contributed by atoms with E-state index in [1.54, 1.807) is 0 Å². The fraction of sp³-hybridized carbons (Fsp3) is 0.500. The predicted molar refractivity (Wildman–Crippen MR) is 117 cm³/mol. The van der Waals surface area contributed by atoms with E-state index < -0.39 is 15.4 Å². The monoisotopic (exact) mass is 439 g/mol. The molecular formula is C22H25N5O3S. The fourth-order valence-electron chi connectivity index (χ4n) is 4.23. The molecule has 2 fully saturated rings. The zero-order valence-electron chi connectivity index (χ0n) is 17.1. The minimum Gasteiger partial charge on any atom is -0.346 e. The average molecular weight is 440 g/mol. The molecule has 8 nitrogen and oxygen atoms in total. The van der Waals surface area contributed by atoms with Crippen LogP contribution in [-0.2, 0) is 14.8 Å². The van der Waals surface area contributed by atoms with Crippen molar-refractivity contribution in [2.75, 3.05) is 11.1 Å². The van der Waals surface area contributed by atoms with Gasteiger partial charge in [0.05, 0.1) is 17.2 Å². The van der Waals surface area contributed by atoms with Gasteiger partial charge in [0.2, 0.25) is 15.9 Å². The van der Waals surface area contributed by atoms with Crippen molar-refractivity contribution in [3.05, 3.63) is 30.0 Å². The second-order valence-corrected chi connectivity index (χ2v) is 10.8. The lowest BCUT2D eigenvalue weighted by molar-refractivity contribution is -0.117. The number of rotatable bonds is 7. The number of aromatic amines is 1. The van der Waals surface area contributed by atoms with Crippen molar-refractivity contribution in [2.45, 2.75) is 51.0 Å². The van der Waals surface area contributed by atoms with Crippen LogP contribution in [0.2, 0.25) is 0 Å². The molecule has 2 saturated carbocycles. The molecule has 0 aliphatic heterocycles. The molecule has 0 aromatic carbocycles. The number of H-pyrrole nitrogens is 1. The summed E-state index contributed by atoms with van der Waals surface area (Å²) in [5.74, 6) is 0.546. The molecule has 1 atom stereocenters. The number of carbonyl (C=O) groups excluding carboxylic acids is 1. The zero-order chi connectivity index (χ0) is 21.6. The third-order valence-corrected chi connectivity index (χ3v) is 8.01. The van der Waals surface area contributed by atoms with Gasteiger partial charge in [-0.05, 0) is 68.2 Å². The highest BCUT2D eigenvalue weighted by Gasteiger charge is 2.47. The predicted octanol–water partition coefficient (Wildman–Crippen LogP) is 3.07. The first-order valence-electron chi connectivity index (χ1n) is 10.8. The van der Waals surface area contributed by atoms with Crippen LogP contribution in [0.3, 0.4) is 0 Å². The van der Waals surface area contributed by atoms with Gasteiger partial charge in [-0.15, -0.1) is 0 Å². The molecule has 162 valence electrons. The number of amides is 1. The first kappa shape index (κ1) is 20.2. The molecule has 31 heavy (non-hydrogen) atoms. The van der Waals surface area contributed by atoms with Crippen molar-refractivity contribution in [1.82, 2.24) is 14.7 Å². The van der Waals surface area contributed by atoms with Crippen LogP contribution >= 0.6 is 0 Å². The zero-order valence-corrected chi connectivity index (χ0v) is 18.0. The average Bonchev–Trinajstić information content (AvgIpc) is 3.66. The van der Waals surface area contributed by atoms with E-state index in [1.807, 2.05) is 18.3 Å². The van der Waals surface area contributed by atoms with E-state index in [0.29, 0.717) is 31.5 Å². The summed E-state index contributed by atoms with van der Waals surface area (Å²) in [5.41, 5.74) is 2.18. The van der Waals surface area contributed by atoms with E-state index >= 15 is 0 Å². The number of sulfonamides is 1. The van der Waals surface area contributed by atoms with Crippen LogP contribution in [0.4, 0.5) is 5.82 Å². The Morgan fingerprint density at radius 1 is 1.32 bits per heavy atom. The van der Waals surface area contributed by atoms with Gasteiger partial charge in [-0.1, -0.05) is 6.08 Å². The normalized spacial score (nSPS) is 22.5. The Labute approximate surface area is 181 Å². The van der Waals surface area contributed by atoms with Crippen molar-refractivity contribution in [3.63, 3.8) is 0 Å². The van der Waals surface area contributed by atoms with Crippen LogP contribution < -0.4 is 10.0 Å². The topological polar surface area (TPSA) is 128 Å². The lowest BCUT2D eigenvalue weighted by atomic mass is 9.90. The number of fused-ring (bicyclic) bond motifs is 1. The molecule has 0 spiro atoms. The maximum Gasteiger partial charge on any atom is 0.228 e. The Hall–Kier alpha value is -2.70. The maximum absolute atomic E-state index is 12.5. The minimum atomic E-state index is -3.48. The van der Waals surface area contributed by atoms with Gasteiger partial charge in [0, 0.05) is 23.5 Å². The van der Waals surface area contributed by atoms with Crippen molar-refractivity contribution < 1.29 is 13.2 Å². The Morgan fingerprint density at radius 3 is 2.77 bits per heavy atom. The molecule has 1 unspecified atom stereocenters. The molecule has 0 radical (unpaired) electrons. The fourth-order valence-corrected chi connectivity index (χ4v) is 6.11. The van der Waals surface area contributed by atoms with E-state index in [0.717, 1.165) is 41.4 Å². The highest BCUT2D eigenvalue weighted by atomic mass is 32.2. The molecule has 0 bridgehead atoms. The molecule has 1 amide bonds. The van der Waals surface area contributed by atoms with Gasteiger partial charge < -0.3 is 10.3 Å². The number of nitrogens with one attached hydrogen (secondary N) is 3. The van der Waals surface area contributed by atoms with Crippen LogP contribution in [0.1, 0.15) is 50.5 Å². The minimum absolute atomic E-state index is 0.0160. The van der Waals surface area contributed by atoms with Crippen LogP contribution in [0.5, 0.6) is 0 Å². The molecule has 2 aromatic rings. The van der Waals surface area contributed by atoms with Crippen LogP contribution in [-0.4, -0.2) is 36.1 Å². The molecule has 2 heterocycles. The van der Waals surface area contributed by atoms with E-state index in [9.17, 15) is 18.5 Å². The van der Waals surface area contributed by atoms with Crippen molar-refractivity contribution in [1.29, 1.82) is 5.26 Å². The number of aromatic nitrogens is 2. The molecule has 3 aliphatic rings. The third-order valence-electron chi connectivity index (χ3n) is 6.39. The van der Waals surface area contributed by atoms with Gasteiger partial charge >= 0.3 is 0 Å². The third kappa shape index (κ3) is 4.36. The number of carbonyl (C=O) groups is 1. The van der Waals surface area contributed by atoms with Gasteiger partial charge in [-0.25, -0.2) is 18.1 Å². The SMILES string of the molecule is N#CC1(CS(=O)(=O)NC2CC=C(c3cc(NC(=O)C4CC4)nc4[nH]ccc34)CC2)CC1. The highest BCUT2D eigenvalue weighted by Crippen LogP contribution is 2.46. The second-order valence-electron chi connectivity index (χ2n) is 9.03. The quantitative estimate of drug-likeness (QED) is 0.611. The smallest absolute Gasteiger partial charge is 0.228 e. The summed E-state index contributed by atoms with van der Waals surface area (Å²) < 4.78 is 27.7. The molecule has 9 heteroatoms.